The van der Waals surface area contributed by atoms with Crippen molar-refractivity contribution in [1.82, 2.24) is 0 Å². The first-order valence-corrected chi connectivity index (χ1v) is 9.17. The summed E-state index contributed by atoms with van der Waals surface area (Å²) < 4.78 is 0. The Balaban J connectivity index is 3.21. The van der Waals surface area contributed by atoms with E-state index >= 15 is 0 Å². The zero-order valence-electron chi connectivity index (χ0n) is 12.6. The maximum absolute atomic E-state index is 4.43. The molecule has 0 rings (SSSR count). The highest BCUT2D eigenvalue weighted by atomic mass is 32.1. The lowest BCUT2D eigenvalue weighted by Gasteiger charge is -2.25. The Morgan fingerprint density at radius 2 is 1.06 bits per heavy atom. The van der Waals surface area contributed by atoms with Crippen LogP contribution in [0.25, 0.3) is 0 Å². The average molecular weight is 291 g/mol. The Morgan fingerprint density at radius 3 is 1.44 bits per heavy atom. The summed E-state index contributed by atoms with van der Waals surface area (Å²) in [6.45, 7) is 4.59. The topological polar surface area (TPSA) is 0 Å². The van der Waals surface area contributed by atoms with Gasteiger partial charge < -0.3 is 0 Å². The molecule has 110 valence electrons. The van der Waals surface area contributed by atoms with Crippen molar-refractivity contribution in [1.29, 1.82) is 0 Å². The molecule has 0 N–H and O–H groups in total. The SMILES string of the molecule is CCCCCCCCCCCCC(C)(CS)CS. The van der Waals surface area contributed by atoms with E-state index in [1.165, 1.54) is 70.6 Å². The third-order valence-corrected chi connectivity index (χ3v) is 5.42. The Labute approximate surface area is 127 Å². The van der Waals surface area contributed by atoms with Crippen molar-refractivity contribution in [2.45, 2.75) is 84.5 Å². The quantitative estimate of drug-likeness (QED) is 0.294. The van der Waals surface area contributed by atoms with Crippen molar-refractivity contribution in [2.75, 3.05) is 11.5 Å². The van der Waals surface area contributed by atoms with Crippen molar-refractivity contribution in [3.63, 3.8) is 0 Å². The van der Waals surface area contributed by atoms with Crippen LogP contribution in [0.2, 0.25) is 0 Å². The molecular formula is C16H34S2. The van der Waals surface area contributed by atoms with Gasteiger partial charge in [0.25, 0.3) is 0 Å². The second-order valence-corrected chi connectivity index (χ2v) is 6.69. The summed E-state index contributed by atoms with van der Waals surface area (Å²) in [5.41, 5.74) is 0.354. The van der Waals surface area contributed by atoms with Crippen LogP contribution in [-0.2, 0) is 0 Å². The highest BCUT2D eigenvalue weighted by Gasteiger charge is 2.19. The fourth-order valence-corrected chi connectivity index (χ4v) is 2.96. The smallest absolute Gasteiger partial charge is 0.00360 e. The zero-order chi connectivity index (χ0) is 13.7. The molecule has 0 saturated heterocycles. The molecule has 0 amide bonds. The van der Waals surface area contributed by atoms with Crippen molar-refractivity contribution >= 4 is 25.3 Å². The summed E-state index contributed by atoms with van der Waals surface area (Å²) in [6, 6.07) is 0. The largest absolute Gasteiger partial charge is 0.179 e. The fourth-order valence-electron chi connectivity index (χ4n) is 2.25. The highest BCUT2D eigenvalue weighted by Crippen LogP contribution is 2.27. The molecule has 18 heavy (non-hydrogen) atoms. The van der Waals surface area contributed by atoms with E-state index in [4.69, 9.17) is 0 Å². The second kappa shape index (κ2) is 12.7. The van der Waals surface area contributed by atoms with E-state index in [-0.39, 0.29) is 0 Å². The molecular weight excluding hydrogens is 256 g/mol. The van der Waals surface area contributed by atoms with Gasteiger partial charge in [-0.15, -0.1) is 0 Å². The Kier molecular flexibility index (Phi) is 13.2. The molecule has 2 heteroatoms. The maximum Gasteiger partial charge on any atom is -0.00360 e. The van der Waals surface area contributed by atoms with E-state index in [1.54, 1.807) is 0 Å². The minimum Gasteiger partial charge on any atom is -0.179 e. The molecule has 0 nitrogen and oxygen atoms in total. The van der Waals surface area contributed by atoms with E-state index in [9.17, 15) is 0 Å². The molecule has 0 unspecified atom stereocenters. The minimum absolute atomic E-state index is 0.354. The van der Waals surface area contributed by atoms with E-state index in [0.717, 1.165) is 11.5 Å². The van der Waals surface area contributed by atoms with Crippen LogP contribution in [0.3, 0.4) is 0 Å². The summed E-state index contributed by atoms with van der Waals surface area (Å²) in [5, 5.41) is 0. The molecule has 0 spiro atoms. The first kappa shape index (κ1) is 18.7. The Hall–Kier alpha value is 0.700. The summed E-state index contributed by atoms with van der Waals surface area (Å²) in [5.74, 6) is 1.93. The third-order valence-electron chi connectivity index (χ3n) is 3.90. The van der Waals surface area contributed by atoms with Crippen molar-refractivity contribution in [2.24, 2.45) is 5.41 Å². The number of hydrogen-bond acceptors (Lipinski definition) is 2. The molecule has 0 heterocycles. The van der Waals surface area contributed by atoms with E-state index < -0.39 is 0 Å². The van der Waals surface area contributed by atoms with Gasteiger partial charge in [-0.1, -0.05) is 78.1 Å². The summed E-state index contributed by atoms with van der Waals surface area (Å²) in [7, 11) is 0. The van der Waals surface area contributed by atoms with Gasteiger partial charge in [0, 0.05) is 0 Å². The van der Waals surface area contributed by atoms with Gasteiger partial charge in [0.1, 0.15) is 0 Å². The molecule has 0 radical (unpaired) electrons. The zero-order valence-corrected chi connectivity index (χ0v) is 14.4. The van der Waals surface area contributed by atoms with Crippen LogP contribution in [0, 0.1) is 5.41 Å². The van der Waals surface area contributed by atoms with Gasteiger partial charge in [0.2, 0.25) is 0 Å². The molecule has 0 fully saturated rings. The van der Waals surface area contributed by atoms with Gasteiger partial charge in [-0.25, -0.2) is 0 Å². The third kappa shape index (κ3) is 10.6. The number of hydrogen-bond donors (Lipinski definition) is 2. The lowest BCUT2D eigenvalue weighted by atomic mass is 9.88. The normalized spacial score (nSPS) is 12.0. The van der Waals surface area contributed by atoms with Crippen LogP contribution in [0.1, 0.15) is 84.5 Å². The lowest BCUT2D eigenvalue weighted by molar-refractivity contribution is 0.374. The second-order valence-electron chi connectivity index (χ2n) is 6.06. The monoisotopic (exact) mass is 290 g/mol. The molecule has 0 bridgehead atoms. The van der Waals surface area contributed by atoms with E-state index in [2.05, 4.69) is 39.1 Å². The lowest BCUT2D eigenvalue weighted by Crippen LogP contribution is -2.20. The van der Waals surface area contributed by atoms with Crippen LogP contribution in [-0.4, -0.2) is 11.5 Å². The standard InChI is InChI=1S/C16H34S2/c1-3-4-5-6-7-8-9-10-11-12-13-16(2,14-17)15-18/h17-18H,3-15H2,1-2H3. The van der Waals surface area contributed by atoms with E-state index in [0.29, 0.717) is 5.41 Å². The first-order valence-electron chi connectivity index (χ1n) is 7.90. The van der Waals surface area contributed by atoms with Gasteiger partial charge in [0.15, 0.2) is 0 Å². The molecule has 0 saturated carbocycles. The molecule has 0 atom stereocenters. The van der Waals surface area contributed by atoms with Crippen molar-refractivity contribution in [3.8, 4) is 0 Å². The predicted molar refractivity (Wildman–Crippen MR) is 92.3 cm³/mol. The minimum atomic E-state index is 0.354. The van der Waals surface area contributed by atoms with Crippen LogP contribution in [0.15, 0.2) is 0 Å². The van der Waals surface area contributed by atoms with Crippen molar-refractivity contribution in [3.05, 3.63) is 0 Å². The Morgan fingerprint density at radius 1 is 0.667 bits per heavy atom. The molecule has 0 aromatic rings. The summed E-state index contributed by atoms with van der Waals surface area (Å²) in [6.07, 6.45) is 15.5. The molecule has 0 aromatic carbocycles. The molecule has 0 aliphatic heterocycles. The summed E-state index contributed by atoms with van der Waals surface area (Å²) >= 11 is 8.86. The molecule has 0 aromatic heterocycles. The van der Waals surface area contributed by atoms with Crippen LogP contribution < -0.4 is 0 Å². The van der Waals surface area contributed by atoms with Gasteiger partial charge >= 0.3 is 0 Å². The summed E-state index contributed by atoms with van der Waals surface area (Å²) in [4.78, 5) is 0. The highest BCUT2D eigenvalue weighted by molar-refractivity contribution is 7.81. The van der Waals surface area contributed by atoms with Gasteiger partial charge in [0.05, 0.1) is 0 Å². The van der Waals surface area contributed by atoms with Gasteiger partial charge in [-0.05, 0) is 23.3 Å². The van der Waals surface area contributed by atoms with E-state index in [1.807, 2.05) is 0 Å². The van der Waals surface area contributed by atoms with Gasteiger partial charge in [-0.3, -0.25) is 0 Å². The fraction of sp³-hybridized carbons (Fsp3) is 1.00. The average Bonchev–Trinajstić information content (AvgIpc) is 2.40. The molecule has 0 aliphatic carbocycles. The van der Waals surface area contributed by atoms with Gasteiger partial charge in [-0.2, -0.15) is 25.3 Å². The van der Waals surface area contributed by atoms with Crippen LogP contribution in [0.4, 0.5) is 0 Å². The van der Waals surface area contributed by atoms with Crippen molar-refractivity contribution < 1.29 is 0 Å². The Bertz CT molecular complexity index is 164. The van der Waals surface area contributed by atoms with Crippen LogP contribution >= 0.6 is 25.3 Å². The number of thiol groups is 2. The maximum atomic E-state index is 4.43. The first-order chi connectivity index (χ1) is 8.68. The number of unbranched alkanes of at least 4 members (excludes halogenated alkanes) is 9. The number of rotatable bonds is 13. The predicted octanol–water partition coefficient (Wildman–Crippen LogP) is 6.16. The van der Waals surface area contributed by atoms with Crippen LogP contribution in [0.5, 0.6) is 0 Å². The molecule has 0 aliphatic rings.